The highest BCUT2D eigenvalue weighted by Crippen LogP contribution is 2.62. The summed E-state index contributed by atoms with van der Waals surface area (Å²) in [5.41, 5.74) is -0.187. The molecule has 5 nitrogen and oxygen atoms in total. The van der Waals surface area contributed by atoms with Gasteiger partial charge < -0.3 is 10.2 Å². The summed E-state index contributed by atoms with van der Waals surface area (Å²) in [6.07, 6.45) is 0. The largest absolute Gasteiger partial charge is 0.396 e. The highest BCUT2D eigenvalue weighted by atomic mass is 32.1. The first kappa shape index (κ1) is 11.5. The number of aliphatic hydroxyl groups excluding tert-OH is 2. The molecule has 2 unspecified atom stereocenters. The van der Waals surface area contributed by atoms with E-state index >= 15 is 0 Å². The lowest BCUT2D eigenvalue weighted by Gasteiger charge is -2.22. The van der Waals surface area contributed by atoms with Gasteiger partial charge >= 0.3 is 0 Å². The summed E-state index contributed by atoms with van der Waals surface area (Å²) in [4.78, 5) is 2.35. The molecule has 94 valence electrons. The van der Waals surface area contributed by atoms with Crippen LogP contribution in [0.5, 0.6) is 0 Å². The second kappa shape index (κ2) is 3.98. The minimum atomic E-state index is -0.187. The van der Waals surface area contributed by atoms with Crippen LogP contribution in [0, 0.1) is 24.2 Å². The van der Waals surface area contributed by atoms with E-state index in [1.54, 1.807) is 11.3 Å². The number of piperidine rings is 1. The zero-order chi connectivity index (χ0) is 12.0. The Kier molecular flexibility index (Phi) is 2.70. The maximum atomic E-state index is 9.34. The molecule has 1 aliphatic heterocycles. The SMILES string of the molecule is Cc1nnc(CN2CC3C(C2)C3(CO)CO)s1. The molecule has 0 amide bonds. The van der Waals surface area contributed by atoms with Crippen molar-refractivity contribution in [2.75, 3.05) is 26.3 Å². The molecule has 2 heterocycles. The van der Waals surface area contributed by atoms with Crippen molar-refractivity contribution in [3.05, 3.63) is 10.0 Å². The second-order valence-electron chi connectivity index (χ2n) is 5.17. The number of aryl methyl sites for hydroxylation is 1. The van der Waals surface area contributed by atoms with E-state index in [1.807, 2.05) is 6.92 Å². The van der Waals surface area contributed by atoms with Crippen LogP contribution in [0.25, 0.3) is 0 Å². The molecule has 1 saturated carbocycles. The number of likely N-dealkylation sites (tertiary alicyclic amines) is 1. The van der Waals surface area contributed by atoms with Crippen LogP contribution in [-0.4, -0.2) is 51.6 Å². The van der Waals surface area contributed by atoms with Crippen molar-refractivity contribution >= 4 is 11.3 Å². The summed E-state index contributed by atoms with van der Waals surface area (Å²) in [5.74, 6) is 0.929. The third kappa shape index (κ3) is 1.71. The van der Waals surface area contributed by atoms with E-state index in [0.717, 1.165) is 29.6 Å². The molecule has 1 saturated heterocycles. The smallest absolute Gasteiger partial charge is 0.131 e. The number of rotatable bonds is 4. The minimum Gasteiger partial charge on any atom is -0.396 e. The fourth-order valence-electron chi connectivity index (χ4n) is 3.16. The van der Waals surface area contributed by atoms with Crippen LogP contribution in [0.2, 0.25) is 0 Å². The number of nitrogens with zero attached hydrogens (tertiary/aromatic N) is 3. The number of hydrogen-bond acceptors (Lipinski definition) is 6. The van der Waals surface area contributed by atoms with E-state index in [4.69, 9.17) is 0 Å². The lowest BCUT2D eigenvalue weighted by Crippen LogP contribution is -2.31. The minimum absolute atomic E-state index is 0.116. The van der Waals surface area contributed by atoms with E-state index < -0.39 is 0 Å². The fourth-order valence-corrected chi connectivity index (χ4v) is 3.91. The summed E-state index contributed by atoms with van der Waals surface area (Å²) in [6, 6.07) is 0. The molecule has 2 atom stereocenters. The average molecular weight is 255 g/mol. The standard InChI is InChI=1S/C11H17N3O2S/c1-7-12-13-10(17-7)4-14-2-8-9(3-14)11(8,5-15)6-16/h8-9,15-16H,2-6H2,1H3. The van der Waals surface area contributed by atoms with Crippen LogP contribution in [0.4, 0.5) is 0 Å². The molecule has 2 aliphatic rings. The predicted octanol–water partition coefficient (Wildman–Crippen LogP) is -0.121. The van der Waals surface area contributed by atoms with Crippen LogP contribution in [0.15, 0.2) is 0 Å². The van der Waals surface area contributed by atoms with Crippen LogP contribution in [0.1, 0.15) is 10.0 Å². The molecule has 0 aromatic carbocycles. The van der Waals surface area contributed by atoms with Gasteiger partial charge in [0.05, 0.1) is 19.8 Å². The monoisotopic (exact) mass is 255 g/mol. The normalized spacial score (nSPS) is 30.5. The Morgan fingerprint density at radius 2 is 1.94 bits per heavy atom. The molecular formula is C11H17N3O2S. The van der Waals surface area contributed by atoms with Crippen LogP contribution in [0.3, 0.4) is 0 Å². The van der Waals surface area contributed by atoms with Crippen molar-refractivity contribution in [2.24, 2.45) is 17.3 Å². The number of aromatic nitrogens is 2. The number of aliphatic hydroxyl groups is 2. The molecular weight excluding hydrogens is 238 g/mol. The summed E-state index contributed by atoms with van der Waals surface area (Å²) >= 11 is 1.64. The average Bonchev–Trinajstić information content (AvgIpc) is 2.70. The van der Waals surface area contributed by atoms with Crippen LogP contribution >= 0.6 is 11.3 Å². The summed E-state index contributed by atoms with van der Waals surface area (Å²) < 4.78 is 0. The molecule has 2 N–H and O–H groups in total. The van der Waals surface area contributed by atoms with Gasteiger partial charge in [-0.3, -0.25) is 4.90 Å². The van der Waals surface area contributed by atoms with Crippen molar-refractivity contribution in [1.82, 2.24) is 15.1 Å². The quantitative estimate of drug-likeness (QED) is 0.785. The first-order valence-corrected chi connectivity index (χ1v) is 6.74. The molecule has 1 aromatic heterocycles. The Bertz CT molecular complexity index is 405. The highest BCUT2D eigenvalue weighted by Gasteiger charge is 2.67. The van der Waals surface area contributed by atoms with Gasteiger partial charge in [0, 0.05) is 18.5 Å². The molecule has 0 spiro atoms. The van der Waals surface area contributed by atoms with Crippen LogP contribution < -0.4 is 0 Å². The fraction of sp³-hybridized carbons (Fsp3) is 0.818. The van der Waals surface area contributed by atoms with Crippen LogP contribution in [-0.2, 0) is 6.54 Å². The number of fused-ring (bicyclic) bond motifs is 1. The maximum absolute atomic E-state index is 9.34. The summed E-state index contributed by atoms with van der Waals surface area (Å²) in [6.45, 7) is 4.97. The van der Waals surface area contributed by atoms with Gasteiger partial charge in [0.1, 0.15) is 10.0 Å². The first-order valence-electron chi connectivity index (χ1n) is 5.92. The molecule has 6 heteroatoms. The lowest BCUT2D eigenvalue weighted by molar-refractivity contribution is 0.0868. The van der Waals surface area contributed by atoms with E-state index in [9.17, 15) is 10.2 Å². The molecule has 1 aliphatic carbocycles. The van der Waals surface area contributed by atoms with Gasteiger partial charge in [-0.2, -0.15) is 0 Å². The number of hydrogen-bond donors (Lipinski definition) is 2. The van der Waals surface area contributed by atoms with E-state index in [1.165, 1.54) is 0 Å². The van der Waals surface area contributed by atoms with Gasteiger partial charge in [-0.25, -0.2) is 0 Å². The maximum Gasteiger partial charge on any atom is 0.131 e. The Labute approximate surface area is 104 Å². The predicted molar refractivity (Wildman–Crippen MR) is 63.5 cm³/mol. The van der Waals surface area contributed by atoms with E-state index in [-0.39, 0.29) is 18.6 Å². The molecule has 0 bridgehead atoms. The molecule has 1 aromatic rings. The Balaban J connectivity index is 1.58. The van der Waals surface area contributed by atoms with Gasteiger partial charge in [-0.15, -0.1) is 21.5 Å². The van der Waals surface area contributed by atoms with Gasteiger partial charge in [-0.05, 0) is 18.8 Å². The van der Waals surface area contributed by atoms with Crippen molar-refractivity contribution in [3.8, 4) is 0 Å². The van der Waals surface area contributed by atoms with Crippen molar-refractivity contribution < 1.29 is 10.2 Å². The first-order chi connectivity index (χ1) is 8.19. The lowest BCUT2D eigenvalue weighted by atomic mass is 10.0. The second-order valence-corrected chi connectivity index (χ2v) is 6.44. The zero-order valence-corrected chi connectivity index (χ0v) is 10.7. The van der Waals surface area contributed by atoms with E-state index in [0.29, 0.717) is 11.8 Å². The Morgan fingerprint density at radius 3 is 2.41 bits per heavy atom. The topological polar surface area (TPSA) is 69.5 Å². The van der Waals surface area contributed by atoms with Gasteiger partial charge in [-0.1, -0.05) is 0 Å². The zero-order valence-electron chi connectivity index (χ0n) is 9.83. The summed E-state index contributed by atoms with van der Waals surface area (Å²) in [7, 11) is 0. The molecule has 0 radical (unpaired) electrons. The van der Waals surface area contributed by atoms with Crippen molar-refractivity contribution in [3.63, 3.8) is 0 Å². The third-order valence-corrected chi connectivity index (χ3v) is 5.10. The Morgan fingerprint density at radius 1 is 1.29 bits per heavy atom. The third-order valence-electron chi connectivity index (χ3n) is 4.28. The molecule has 17 heavy (non-hydrogen) atoms. The van der Waals surface area contributed by atoms with Crippen molar-refractivity contribution in [1.29, 1.82) is 0 Å². The Hall–Kier alpha value is -0.560. The molecule has 2 fully saturated rings. The van der Waals surface area contributed by atoms with Gasteiger partial charge in [0.2, 0.25) is 0 Å². The molecule has 3 rings (SSSR count). The highest BCUT2D eigenvalue weighted by molar-refractivity contribution is 7.11. The summed E-state index contributed by atoms with van der Waals surface area (Å²) in [5, 5.41) is 28.9. The van der Waals surface area contributed by atoms with Gasteiger partial charge in [0.15, 0.2) is 0 Å². The van der Waals surface area contributed by atoms with Crippen molar-refractivity contribution in [2.45, 2.75) is 13.5 Å². The van der Waals surface area contributed by atoms with Gasteiger partial charge in [0.25, 0.3) is 0 Å². The van der Waals surface area contributed by atoms with E-state index in [2.05, 4.69) is 15.1 Å².